The van der Waals surface area contributed by atoms with E-state index in [4.69, 9.17) is 15.6 Å². The van der Waals surface area contributed by atoms with Gasteiger partial charge in [0.25, 0.3) is 5.91 Å². The molecular formula is C14H20N2O4. The van der Waals surface area contributed by atoms with Gasteiger partial charge in [0.05, 0.1) is 0 Å². The summed E-state index contributed by atoms with van der Waals surface area (Å²) >= 11 is 0. The lowest BCUT2D eigenvalue weighted by molar-refractivity contribution is -0.142. The van der Waals surface area contributed by atoms with E-state index < -0.39 is 17.9 Å². The summed E-state index contributed by atoms with van der Waals surface area (Å²) < 4.78 is 5.25. The summed E-state index contributed by atoms with van der Waals surface area (Å²) in [7, 11) is 0. The normalized spacial score (nSPS) is 11.7. The first-order valence-corrected chi connectivity index (χ1v) is 6.53. The topological polar surface area (TPSA) is 102 Å². The summed E-state index contributed by atoms with van der Waals surface area (Å²) in [6.45, 7) is 0.308. The van der Waals surface area contributed by atoms with E-state index in [9.17, 15) is 9.59 Å². The van der Waals surface area contributed by atoms with Gasteiger partial charge in [-0.05, 0) is 37.9 Å². The Morgan fingerprint density at radius 1 is 1.25 bits per heavy atom. The van der Waals surface area contributed by atoms with Crippen molar-refractivity contribution in [3.05, 3.63) is 30.3 Å². The molecule has 1 atom stereocenters. The molecule has 0 aliphatic heterocycles. The van der Waals surface area contributed by atoms with Gasteiger partial charge in [-0.15, -0.1) is 0 Å². The number of nitrogens with one attached hydrogen (secondary N) is 1. The predicted octanol–water partition coefficient (Wildman–Crippen LogP) is 0.764. The summed E-state index contributed by atoms with van der Waals surface area (Å²) in [6, 6.07) is 7.98. The number of hydrogen-bond donors (Lipinski definition) is 3. The highest BCUT2D eigenvalue weighted by atomic mass is 16.5. The zero-order valence-corrected chi connectivity index (χ0v) is 11.2. The average molecular weight is 280 g/mol. The van der Waals surface area contributed by atoms with Crippen LogP contribution in [0.25, 0.3) is 0 Å². The molecule has 4 N–H and O–H groups in total. The zero-order chi connectivity index (χ0) is 14.8. The van der Waals surface area contributed by atoms with E-state index in [1.54, 1.807) is 24.3 Å². The highest BCUT2D eigenvalue weighted by molar-refractivity contribution is 5.84. The van der Waals surface area contributed by atoms with Crippen molar-refractivity contribution >= 4 is 11.9 Å². The quantitative estimate of drug-likeness (QED) is 0.580. The first kappa shape index (κ1) is 16.0. The molecule has 0 radical (unpaired) electrons. The Kier molecular flexibility index (Phi) is 7.13. The highest BCUT2D eigenvalue weighted by Crippen LogP contribution is 2.08. The summed E-state index contributed by atoms with van der Waals surface area (Å²) in [6.07, 6.45) is 1.76. The number of ether oxygens (including phenoxy) is 1. The highest BCUT2D eigenvalue weighted by Gasteiger charge is 2.19. The summed E-state index contributed by atoms with van der Waals surface area (Å²) in [4.78, 5) is 22.7. The van der Waals surface area contributed by atoms with Crippen molar-refractivity contribution in [1.29, 1.82) is 0 Å². The van der Waals surface area contributed by atoms with Crippen LogP contribution in [0.5, 0.6) is 5.75 Å². The minimum Gasteiger partial charge on any atom is -0.484 e. The van der Waals surface area contributed by atoms with E-state index in [2.05, 4.69) is 5.32 Å². The fourth-order valence-electron chi connectivity index (χ4n) is 1.65. The molecular weight excluding hydrogens is 260 g/mol. The van der Waals surface area contributed by atoms with Gasteiger partial charge in [0.15, 0.2) is 6.61 Å². The van der Waals surface area contributed by atoms with Gasteiger partial charge >= 0.3 is 5.97 Å². The Morgan fingerprint density at radius 2 is 1.95 bits per heavy atom. The molecule has 1 amide bonds. The van der Waals surface area contributed by atoms with Gasteiger partial charge < -0.3 is 20.9 Å². The van der Waals surface area contributed by atoms with Crippen molar-refractivity contribution in [1.82, 2.24) is 5.32 Å². The van der Waals surface area contributed by atoms with E-state index in [0.717, 1.165) is 6.42 Å². The maximum Gasteiger partial charge on any atom is 0.326 e. The smallest absolute Gasteiger partial charge is 0.326 e. The van der Waals surface area contributed by atoms with Gasteiger partial charge in [-0.25, -0.2) is 4.79 Å². The Bertz CT molecular complexity index is 422. The Labute approximate surface area is 117 Å². The third kappa shape index (κ3) is 6.19. The number of benzene rings is 1. The second kappa shape index (κ2) is 8.92. The molecule has 0 aliphatic carbocycles. The summed E-state index contributed by atoms with van der Waals surface area (Å²) in [5.74, 6) is -0.929. The zero-order valence-electron chi connectivity index (χ0n) is 11.2. The number of carboxylic acid groups (broad SMARTS) is 1. The summed E-state index contributed by atoms with van der Waals surface area (Å²) in [5.41, 5.74) is 5.35. The van der Waals surface area contributed by atoms with Crippen molar-refractivity contribution in [3.8, 4) is 5.75 Å². The van der Waals surface area contributed by atoms with Crippen molar-refractivity contribution < 1.29 is 19.4 Å². The van der Waals surface area contributed by atoms with Crippen LogP contribution in [-0.2, 0) is 9.59 Å². The number of hydrogen-bond acceptors (Lipinski definition) is 4. The van der Waals surface area contributed by atoms with Crippen LogP contribution < -0.4 is 15.8 Å². The Balaban J connectivity index is 2.36. The number of para-hydroxylation sites is 1. The van der Waals surface area contributed by atoms with Crippen LogP contribution in [0.2, 0.25) is 0 Å². The molecule has 0 fully saturated rings. The molecule has 0 aromatic heterocycles. The molecule has 1 aromatic rings. The third-order valence-electron chi connectivity index (χ3n) is 2.69. The lowest BCUT2D eigenvalue weighted by Gasteiger charge is -2.14. The molecule has 110 valence electrons. The number of carbonyl (C=O) groups excluding carboxylic acids is 1. The summed E-state index contributed by atoms with van der Waals surface area (Å²) in [5, 5.41) is 11.5. The van der Waals surface area contributed by atoms with Crippen LogP contribution >= 0.6 is 0 Å². The minimum absolute atomic E-state index is 0.204. The Hall–Kier alpha value is -2.08. The average Bonchev–Trinajstić information content (AvgIpc) is 2.45. The van der Waals surface area contributed by atoms with Crippen LogP contribution in [0.4, 0.5) is 0 Å². The van der Waals surface area contributed by atoms with E-state index in [0.29, 0.717) is 25.1 Å². The molecule has 0 aliphatic rings. The molecule has 6 heteroatoms. The first-order valence-electron chi connectivity index (χ1n) is 6.53. The lowest BCUT2D eigenvalue weighted by Crippen LogP contribution is -2.42. The van der Waals surface area contributed by atoms with Gasteiger partial charge in [0.1, 0.15) is 11.8 Å². The second-order valence-corrected chi connectivity index (χ2v) is 4.34. The molecule has 0 saturated carbocycles. The van der Waals surface area contributed by atoms with E-state index in [1.807, 2.05) is 6.07 Å². The maximum atomic E-state index is 11.6. The Morgan fingerprint density at radius 3 is 2.55 bits per heavy atom. The number of unbranched alkanes of at least 4 members (excludes halogenated alkanes) is 1. The van der Waals surface area contributed by atoms with Gasteiger partial charge in [-0.3, -0.25) is 4.79 Å². The van der Waals surface area contributed by atoms with Gasteiger partial charge in [-0.1, -0.05) is 18.2 Å². The second-order valence-electron chi connectivity index (χ2n) is 4.34. The van der Waals surface area contributed by atoms with E-state index >= 15 is 0 Å². The van der Waals surface area contributed by atoms with E-state index in [1.165, 1.54) is 0 Å². The van der Waals surface area contributed by atoms with Crippen molar-refractivity contribution in [2.75, 3.05) is 13.2 Å². The molecule has 0 saturated heterocycles. The SMILES string of the molecule is NCCCC[C@H](NC(=O)COc1ccccc1)C(=O)O. The number of nitrogens with two attached hydrogens (primary N) is 1. The molecule has 0 heterocycles. The number of aliphatic carboxylic acids is 1. The molecule has 0 bridgehead atoms. The molecule has 0 unspecified atom stereocenters. The molecule has 1 rings (SSSR count). The minimum atomic E-state index is -1.05. The number of carboxylic acids is 1. The van der Waals surface area contributed by atoms with Crippen LogP contribution in [0.3, 0.4) is 0 Å². The lowest BCUT2D eigenvalue weighted by atomic mass is 10.1. The number of rotatable bonds is 9. The van der Waals surface area contributed by atoms with Gasteiger partial charge in [0.2, 0.25) is 0 Å². The van der Waals surface area contributed by atoms with Crippen LogP contribution in [-0.4, -0.2) is 36.2 Å². The first-order chi connectivity index (χ1) is 9.63. The van der Waals surface area contributed by atoms with Gasteiger partial charge in [-0.2, -0.15) is 0 Å². The van der Waals surface area contributed by atoms with Crippen molar-refractivity contribution in [2.45, 2.75) is 25.3 Å². The van der Waals surface area contributed by atoms with Crippen molar-refractivity contribution in [3.63, 3.8) is 0 Å². The van der Waals surface area contributed by atoms with Crippen LogP contribution in [0.1, 0.15) is 19.3 Å². The predicted molar refractivity (Wildman–Crippen MR) is 74.4 cm³/mol. The molecule has 1 aromatic carbocycles. The maximum absolute atomic E-state index is 11.6. The monoisotopic (exact) mass is 280 g/mol. The molecule has 20 heavy (non-hydrogen) atoms. The fourth-order valence-corrected chi connectivity index (χ4v) is 1.65. The van der Waals surface area contributed by atoms with E-state index in [-0.39, 0.29) is 6.61 Å². The number of amides is 1. The van der Waals surface area contributed by atoms with Gasteiger partial charge in [0, 0.05) is 0 Å². The van der Waals surface area contributed by atoms with Crippen LogP contribution in [0, 0.1) is 0 Å². The standard InChI is InChI=1S/C14H20N2O4/c15-9-5-4-8-12(14(18)19)16-13(17)10-20-11-6-2-1-3-7-11/h1-3,6-7,12H,4-5,8-10,15H2,(H,16,17)(H,18,19)/t12-/m0/s1. The number of carbonyl (C=O) groups is 2. The van der Waals surface area contributed by atoms with Crippen LogP contribution in [0.15, 0.2) is 30.3 Å². The van der Waals surface area contributed by atoms with Crippen molar-refractivity contribution in [2.24, 2.45) is 5.73 Å². The third-order valence-corrected chi connectivity index (χ3v) is 2.69. The molecule has 6 nitrogen and oxygen atoms in total. The largest absolute Gasteiger partial charge is 0.484 e. The molecule has 0 spiro atoms. The fraction of sp³-hybridized carbons (Fsp3) is 0.429.